The van der Waals surface area contributed by atoms with Crippen molar-refractivity contribution >= 4 is 35.8 Å². The van der Waals surface area contributed by atoms with Gasteiger partial charge in [0.15, 0.2) is 5.96 Å². The number of carbonyl (C=O) groups is 1. The van der Waals surface area contributed by atoms with E-state index in [1.54, 1.807) is 31.6 Å². The number of carbonyl (C=O) groups excluding carboxylic acids is 1. The summed E-state index contributed by atoms with van der Waals surface area (Å²) in [5.41, 5.74) is 1.56. The second kappa shape index (κ2) is 12.9. The van der Waals surface area contributed by atoms with Crippen LogP contribution in [0.25, 0.3) is 0 Å². The number of guanidine groups is 1. The van der Waals surface area contributed by atoms with Crippen molar-refractivity contribution < 1.29 is 9.53 Å². The van der Waals surface area contributed by atoms with Crippen molar-refractivity contribution in [3.8, 4) is 5.75 Å². The van der Waals surface area contributed by atoms with E-state index in [0.717, 1.165) is 17.9 Å². The van der Waals surface area contributed by atoms with Crippen LogP contribution < -0.4 is 20.7 Å². The number of methoxy groups -OCH3 is 1. The lowest BCUT2D eigenvalue weighted by Gasteiger charge is -2.12. The van der Waals surface area contributed by atoms with E-state index in [-0.39, 0.29) is 29.9 Å². The van der Waals surface area contributed by atoms with Crippen molar-refractivity contribution in [2.75, 3.05) is 26.7 Å². The van der Waals surface area contributed by atoms with E-state index in [0.29, 0.717) is 31.2 Å². The van der Waals surface area contributed by atoms with E-state index in [1.165, 1.54) is 0 Å². The van der Waals surface area contributed by atoms with Gasteiger partial charge in [-0.1, -0.05) is 18.2 Å². The molecule has 27 heavy (non-hydrogen) atoms. The van der Waals surface area contributed by atoms with Crippen LogP contribution in [0.15, 0.2) is 53.8 Å². The van der Waals surface area contributed by atoms with Gasteiger partial charge < -0.3 is 20.7 Å². The lowest BCUT2D eigenvalue weighted by molar-refractivity contribution is 0.0954. The standard InChI is InChI=1S/C19H25N5O2.HI/c1-3-21-19(24-14-15-7-4-5-9-17(15)26-2)23-12-11-22-18(25)16-8-6-10-20-13-16;/h4-10,13H,3,11-12,14H2,1-2H3,(H,22,25)(H2,21,23,24);1H. The Labute approximate surface area is 177 Å². The average molecular weight is 483 g/mol. The molecule has 1 amide bonds. The summed E-state index contributed by atoms with van der Waals surface area (Å²) in [4.78, 5) is 20.5. The number of nitrogens with one attached hydrogen (secondary N) is 3. The summed E-state index contributed by atoms with van der Waals surface area (Å²) in [5.74, 6) is 1.36. The van der Waals surface area contributed by atoms with Crippen molar-refractivity contribution in [1.82, 2.24) is 20.9 Å². The molecule has 0 aliphatic rings. The summed E-state index contributed by atoms with van der Waals surface area (Å²) in [6.45, 7) is 4.29. The van der Waals surface area contributed by atoms with Crippen LogP contribution in [-0.2, 0) is 6.54 Å². The second-order valence-electron chi connectivity index (χ2n) is 5.43. The van der Waals surface area contributed by atoms with Gasteiger partial charge in [0.25, 0.3) is 5.91 Å². The predicted octanol–water partition coefficient (Wildman–Crippen LogP) is 2.19. The number of halogens is 1. The monoisotopic (exact) mass is 483 g/mol. The molecular weight excluding hydrogens is 457 g/mol. The molecule has 0 spiro atoms. The molecule has 0 saturated carbocycles. The number of benzene rings is 1. The number of hydrogen-bond donors (Lipinski definition) is 3. The first-order valence-electron chi connectivity index (χ1n) is 8.57. The molecule has 2 rings (SSSR count). The van der Waals surface area contributed by atoms with E-state index in [2.05, 4.69) is 25.9 Å². The summed E-state index contributed by atoms with van der Waals surface area (Å²) >= 11 is 0. The fourth-order valence-corrected chi connectivity index (χ4v) is 2.30. The molecule has 1 aromatic carbocycles. The van der Waals surface area contributed by atoms with Gasteiger partial charge in [-0.05, 0) is 25.1 Å². The van der Waals surface area contributed by atoms with E-state index in [1.807, 2.05) is 31.2 Å². The first kappa shape index (κ1) is 22.7. The van der Waals surface area contributed by atoms with Crippen molar-refractivity contribution in [1.29, 1.82) is 0 Å². The lowest BCUT2D eigenvalue weighted by atomic mass is 10.2. The summed E-state index contributed by atoms with van der Waals surface area (Å²) in [6, 6.07) is 11.3. The van der Waals surface area contributed by atoms with Gasteiger partial charge in [0.1, 0.15) is 5.75 Å². The van der Waals surface area contributed by atoms with Crippen LogP contribution in [-0.4, -0.2) is 43.6 Å². The third kappa shape index (κ3) is 7.81. The minimum Gasteiger partial charge on any atom is -0.496 e. The van der Waals surface area contributed by atoms with Gasteiger partial charge in [0.05, 0.1) is 19.2 Å². The van der Waals surface area contributed by atoms with E-state index in [4.69, 9.17) is 4.74 Å². The Morgan fingerprint density at radius 2 is 1.89 bits per heavy atom. The number of aliphatic imine (C=N–C) groups is 1. The third-order valence-corrected chi connectivity index (χ3v) is 3.57. The smallest absolute Gasteiger partial charge is 0.252 e. The molecule has 0 atom stereocenters. The Kier molecular flexibility index (Phi) is 10.8. The van der Waals surface area contributed by atoms with Gasteiger partial charge in [-0.15, -0.1) is 24.0 Å². The predicted molar refractivity (Wildman–Crippen MR) is 118 cm³/mol. The van der Waals surface area contributed by atoms with Gasteiger partial charge in [-0.25, -0.2) is 4.99 Å². The van der Waals surface area contributed by atoms with Crippen molar-refractivity contribution in [3.63, 3.8) is 0 Å². The number of rotatable bonds is 8. The molecule has 8 heteroatoms. The van der Waals surface area contributed by atoms with Gasteiger partial charge in [0, 0.05) is 37.6 Å². The summed E-state index contributed by atoms with van der Waals surface area (Å²) in [7, 11) is 1.65. The summed E-state index contributed by atoms with van der Waals surface area (Å²) in [6.07, 6.45) is 3.18. The first-order chi connectivity index (χ1) is 12.7. The molecule has 7 nitrogen and oxygen atoms in total. The molecule has 3 N–H and O–H groups in total. The van der Waals surface area contributed by atoms with Crippen LogP contribution in [0.3, 0.4) is 0 Å². The fourth-order valence-electron chi connectivity index (χ4n) is 2.30. The highest BCUT2D eigenvalue weighted by atomic mass is 127. The van der Waals surface area contributed by atoms with Crippen LogP contribution >= 0.6 is 24.0 Å². The Bertz CT molecular complexity index is 725. The zero-order valence-electron chi connectivity index (χ0n) is 15.6. The number of hydrogen-bond acceptors (Lipinski definition) is 4. The molecule has 146 valence electrons. The molecule has 0 unspecified atom stereocenters. The van der Waals surface area contributed by atoms with Crippen LogP contribution in [0.5, 0.6) is 5.75 Å². The largest absolute Gasteiger partial charge is 0.496 e. The quantitative estimate of drug-likeness (QED) is 0.232. The van der Waals surface area contributed by atoms with Crippen LogP contribution in [0.1, 0.15) is 22.8 Å². The maximum atomic E-state index is 12.0. The number of pyridine rings is 1. The van der Waals surface area contributed by atoms with E-state index in [9.17, 15) is 4.79 Å². The highest BCUT2D eigenvalue weighted by molar-refractivity contribution is 14.0. The van der Waals surface area contributed by atoms with Gasteiger partial charge >= 0.3 is 0 Å². The molecular formula is C19H26IN5O2. The molecule has 1 heterocycles. The normalized spacial score (nSPS) is 10.5. The first-order valence-corrected chi connectivity index (χ1v) is 8.57. The molecule has 0 aliphatic heterocycles. The summed E-state index contributed by atoms with van der Waals surface area (Å²) < 4.78 is 5.34. The summed E-state index contributed by atoms with van der Waals surface area (Å²) in [5, 5.41) is 9.23. The van der Waals surface area contributed by atoms with E-state index < -0.39 is 0 Å². The number of amides is 1. The van der Waals surface area contributed by atoms with Crippen LogP contribution in [0, 0.1) is 0 Å². The number of ether oxygens (including phenoxy) is 1. The van der Waals surface area contributed by atoms with Crippen LogP contribution in [0.4, 0.5) is 0 Å². The lowest BCUT2D eigenvalue weighted by Crippen LogP contribution is -2.41. The van der Waals surface area contributed by atoms with Gasteiger partial charge in [-0.3, -0.25) is 9.78 Å². The molecule has 2 aromatic rings. The maximum Gasteiger partial charge on any atom is 0.252 e. The Morgan fingerprint density at radius 1 is 1.11 bits per heavy atom. The van der Waals surface area contributed by atoms with Crippen molar-refractivity contribution in [2.24, 2.45) is 4.99 Å². The number of nitrogens with zero attached hydrogens (tertiary/aromatic N) is 2. The highest BCUT2D eigenvalue weighted by Gasteiger charge is 2.05. The minimum atomic E-state index is -0.143. The van der Waals surface area contributed by atoms with Crippen molar-refractivity contribution in [2.45, 2.75) is 13.5 Å². The molecule has 0 fully saturated rings. The number of aromatic nitrogens is 1. The maximum absolute atomic E-state index is 12.0. The zero-order chi connectivity index (χ0) is 18.6. The molecule has 0 radical (unpaired) electrons. The minimum absolute atomic E-state index is 0. The van der Waals surface area contributed by atoms with E-state index >= 15 is 0 Å². The Balaban J connectivity index is 0.00000364. The highest BCUT2D eigenvalue weighted by Crippen LogP contribution is 2.17. The van der Waals surface area contributed by atoms with Gasteiger partial charge in [-0.2, -0.15) is 0 Å². The van der Waals surface area contributed by atoms with Crippen LogP contribution in [0.2, 0.25) is 0 Å². The molecule has 0 bridgehead atoms. The fraction of sp³-hybridized carbons (Fsp3) is 0.316. The third-order valence-electron chi connectivity index (χ3n) is 3.57. The Hall–Kier alpha value is -2.36. The molecule has 1 aromatic heterocycles. The van der Waals surface area contributed by atoms with Gasteiger partial charge in [0.2, 0.25) is 0 Å². The zero-order valence-corrected chi connectivity index (χ0v) is 17.9. The molecule has 0 saturated heterocycles. The topological polar surface area (TPSA) is 87.6 Å². The second-order valence-corrected chi connectivity index (χ2v) is 5.43. The Morgan fingerprint density at radius 3 is 2.59 bits per heavy atom. The number of para-hydroxylation sites is 1. The molecule has 0 aliphatic carbocycles. The SMILES string of the molecule is CCNC(=NCc1ccccc1OC)NCCNC(=O)c1cccnc1.I. The van der Waals surface area contributed by atoms with Crippen molar-refractivity contribution in [3.05, 3.63) is 59.9 Å². The average Bonchev–Trinajstić information content (AvgIpc) is 2.69.